The summed E-state index contributed by atoms with van der Waals surface area (Å²) in [6.07, 6.45) is 0. The number of nitrogens with one attached hydrogen (secondary N) is 1. The Bertz CT molecular complexity index is 836. The van der Waals surface area contributed by atoms with Crippen LogP contribution in [-0.4, -0.2) is 16.1 Å². The van der Waals surface area contributed by atoms with E-state index in [1.165, 1.54) is 0 Å². The minimum absolute atomic E-state index is 0.218. The van der Waals surface area contributed by atoms with Crippen LogP contribution in [0.1, 0.15) is 10.5 Å². The molecule has 23 heavy (non-hydrogen) atoms. The largest absolute Gasteiger partial charge is 0.321 e. The third-order valence-corrected chi connectivity index (χ3v) is 3.88. The van der Waals surface area contributed by atoms with Crippen LogP contribution in [0.4, 0.5) is 5.69 Å². The van der Waals surface area contributed by atoms with Gasteiger partial charge in [-0.1, -0.05) is 53.5 Å². The van der Waals surface area contributed by atoms with Crippen molar-refractivity contribution in [3.63, 3.8) is 0 Å². The van der Waals surface area contributed by atoms with E-state index in [1.807, 2.05) is 30.3 Å². The second-order valence-electron chi connectivity index (χ2n) is 4.75. The van der Waals surface area contributed by atoms with Crippen molar-refractivity contribution in [1.29, 1.82) is 0 Å². The number of hydrogen-bond acceptors (Lipinski definition) is 3. The highest BCUT2D eigenvalue weighted by molar-refractivity contribution is 6.42. The van der Waals surface area contributed by atoms with Gasteiger partial charge in [0.05, 0.1) is 15.7 Å². The number of hydrogen-bond donors (Lipinski definition) is 1. The third-order valence-electron chi connectivity index (χ3n) is 3.14. The zero-order valence-electron chi connectivity index (χ0n) is 11.8. The summed E-state index contributed by atoms with van der Waals surface area (Å²) in [5.41, 5.74) is 2.40. The molecule has 0 aliphatic heterocycles. The molecule has 4 nitrogen and oxygen atoms in total. The molecule has 3 rings (SSSR count). The highest BCUT2D eigenvalue weighted by atomic mass is 35.5. The molecule has 114 valence electrons. The topological polar surface area (TPSA) is 54.9 Å². The van der Waals surface area contributed by atoms with Crippen molar-refractivity contribution in [2.75, 3.05) is 5.32 Å². The summed E-state index contributed by atoms with van der Waals surface area (Å²) < 4.78 is 0. The van der Waals surface area contributed by atoms with Crippen molar-refractivity contribution < 1.29 is 4.79 Å². The minimum Gasteiger partial charge on any atom is -0.321 e. The van der Waals surface area contributed by atoms with Crippen LogP contribution in [0.5, 0.6) is 0 Å². The second-order valence-corrected chi connectivity index (χ2v) is 5.57. The molecule has 0 aliphatic carbocycles. The number of carbonyl (C=O) groups is 1. The van der Waals surface area contributed by atoms with Gasteiger partial charge in [-0.05, 0) is 30.3 Å². The van der Waals surface area contributed by atoms with Crippen LogP contribution in [-0.2, 0) is 0 Å². The highest BCUT2D eigenvalue weighted by Gasteiger charge is 2.10. The van der Waals surface area contributed by atoms with Gasteiger partial charge >= 0.3 is 0 Å². The Kier molecular flexibility index (Phi) is 4.55. The lowest BCUT2D eigenvalue weighted by Gasteiger charge is -2.06. The van der Waals surface area contributed by atoms with Crippen LogP contribution in [0.25, 0.3) is 11.3 Å². The van der Waals surface area contributed by atoms with E-state index in [4.69, 9.17) is 23.2 Å². The molecule has 1 heterocycles. The van der Waals surface area contributed by atoms with E-state index in [-0.39, 0.29) is 11.6 Å². The normalized spacial score (nSPS) is 10.3. The van der Waals surface area contributed by atoms with Gasteiger partial charge in [-0.15, -0.1) is 10.2 Å². The summed E-state index contributed by atoms with van der Waals surface area (Å²) >= 11 is 11.8. The van der Waals surface area contributed by atoms with E-state index in [1.54, 1.807) is 30.3 Å². The van der Waals surface area contributed by atoms with Crippen molar-refractivity contribution >= 4 is 34.8 Å². The number of halogens is 2. The molecule has 0 bridgehead atoms. The van der Waals surface area contributed by atoms with Gasteiger partial charge in [0.1, 0.15) is 0 Å². The van der Waals surface area contributed by atoms with Crippen LogP contribution >= 0.6 is 23.2 Å². The summed E-state index contributed by atoms with van der Waals surface area (Å²) in [5.74, 6) is -0.365. The second kappa shape index (κ2) is 6.77. The Morgan fingerprint density at radius 3 is 2.30 bits per heavy atom. The summed E-state index contributed by atoms with van der Waals surface area (Å²) in [6, 6.07) is 17.9. The maximum absolute atomic E-state index is 12.2. The van der Waals surface area contributed by atoms with Gasteiger partial charge in [0.15, 0.2) is 5.69 Å². The number of anilines is 1. The van der Waals surface area contributed by atoms with Gasteiger partial charge in [0.2, 0.25) is 0 Å². The number of amides is 1. The fourth-order valence-corrected chi connectivity index (χ4v) is 2.28. The van der Waals surface area contributed by atoms with Crippen molar-refractivity contribution in [3.8, 4) is 11.3 Å². The Morgan fingerprint density at radius 2 is 1.65 bits per heavy atom. The maximum Gasteiger partial charge on any atom is 0.276 e. The molecule has 0 aliphatic rings. The molecule has 1 N–H and O–H groups in total. The molecule has 6 heteroatoms. The molecule has 1 aromatic heterocycles. The van der Waals surface area contributed by atoms with Gasteiger partial charge < -0.3 is 5.32 Å². The van der Waals surface area contributed by atoms with Crippen LogP contribution in [0.3, 0.4) is 0 Å². The Morgan fingerprint density at radius 1 is 0.870 bits per heavy atom. The maximum atomic E-state index is 12.2. The van der Waals surface area contributed by atoms with Gasteiger partial charge in [0.25, 0.3) is 5.91 Å². The molecule has 0 atom stereocenters. The molecular weight excluding hydrogens is 333 g/mol. The molecule has 3 aromatic rings. The van der Waals surface area contributed by atoms with Crippen LogP contribution in [0.15, 0.2) is 60.7 Å². The molecule has 0 fully saturated rings. The van der Waals surface area contributed by atoms with E-state index in [2.05, 4.69) is 15.5 Å². The molecule has 0 radical (unpaired) electrons. The predicted molar refractivity (Wildman–Crippen MR) is 91.9 cm³/mol. The SMILES string of the molecule is O=C(Nc1ccc(Cl)c(Cl)c1)c1ccc(-c2ccccc2)nn1. The summed E-state index contributed by atoms with van der Waals surface area (Å²) in [6.45, 7) is 0. The lowest BCUT2D eigenvalue weighted by atomic mass is 10.1. The van der Waals surface area contributed by atoms with E-state index in [0.717, 1.165) is 5.56 Å². The zero-order chi connectivity index (χ0) is 16.2. The average molecular weight is 344 g/mol. The lowest BCUT2D eigenvalue weighted by molar-refractivity contribution is 0.102. The van der Waals surface area contributed by atoms with E-state index in [0.29, 0.717) is 21.4 Å². The number of rotatable bonds is 3. The third kappa shape index (κ3) is 3.67. The highest BCUT2D eigenvalue weighted by Crippen LogP contribution is 2.25. The van der Waals surface area contributed by atoms with E-state index < -0.39 is 0 Å². The summed E-state index contributed by atoms with van der Waals surface area (Å²) in [7, 11) is 0. The Balaban J connectivity index is 1.76. The van der Waals surface area contributed by atoms with E-state index in [9.17, 15) is 4.79 Å². The molecule has 0 spiro atoms. The van der Waals surface area contributed by atoms with Gasteiger partial charge in [-0.2, -0.15) is 0 Å². The van der Waals surface area contributed by atoms with Crippen molar-refractivity contribution in [1.82, 2.24) is 10.2 Å². The average Bonchev–Trinajstić information content (AvgIpc) is 2.59. The molecule has 0 saturated carbocycles. The first-order valence-corrected chi connectivity index (χ1v) is 7.54. The van der Waals surface area contributed by atoms with Crippen molar-refractivity contribution in [2.24, 2.45) is 0 Å². The van der Waals surface area contributed by atoms with Gasteiger partial charge in [-0.3, -0.25) is 4.79 Å². The van der Waals surface area contributed by atoms with Crippen LogP contribution in [0.2, 0.25) is 10.0 Å². The summed E-state index contributed by atoms with van der Waals surface area (Å²) in [4.78, 5) is 12.2. The standard InChI is InChI=1S/C17H11Cl2N3O/c18-13-7-6-12(10-14(13)19)20-17(23)16-9-8-15(21-22-16)11-4-2-1-3-5-11/h1-10H,(H,20,23). The lowest BCUT2D eigenvalue weighted by Crippen LogP contribution is -2.14. The Labute approximate surface area is 143 Å². The molecule has 1 amide bonds. The first kappa shape index (κ1) is 15.5. The fourth-order valence-electron chi connectivity index (χ4n) is 1.99. The molecular formula is C17H11Cl2N3O. The summed E-state index contributed by atoms with van der Waals surface area (Å²) in [5, 5.41) is 11.6. The van der Waals surface area contributed by atoms with Crippen LogP contribution in [0, 0.1) is 0 Å². The Hall–Kier alpha value is -2.43. The van der Waals surface area contributed by atoms with Gasteiger partial charge in [-0.25, -0.2) is 0 Å². The quantitative estimate of drug-likeness (QED) is 0.749. The molecule has 0 saturated heterocycles. The first-order chi connectivity index (χ1) is 11.1. The predicted octanol–water partition coefficient (Wildman–Crippen LogP) is 4.70. The number of nitrogens with zero attached hydrogens (tertiary/aromatic N) is 2. The number of benzene rings is 2. The van der Waals surface area contributed by atoms with Crippen LogP contribution < -0.4 is 5.32 Å². The van der Waals surface area contributed by atoms with Gasteiger partial charge in [0, 0.05) is 11.3 Å². The monoisotopic (exact) mass is 343 g/mol. The zero-order valence-corrected chi connectivity index (χ0v) is 13.3. The number of aromatic nitrogens is 2. The minimum atomic E-state index is -0.365. The molecule has 0 unspecified atom stereocenters. The van der Waals surface area contributed by atoms with E-state index >= 15 is 0 Å². The van der Waals surface area contributed by atoms with Crippen molar-refractivity contribution in [3.05, 3.63) is 76.4 Å². The van der Waals surface area contributed by atoms with Crippen molar-refractivity contribution in [2.45, 2.75) is 0 Å². The smallest absolute Gasteiger partial charge is 0.276 e. The molecule has 2 aromatic carbocycles. The first-order valence-electron chi connectivity index (χ1n) is 6.79. The number of carbonyl (C=O) groups excluding carboxylic acids is 1. The fraction of sp³-hybridized carbons (Fsp3) is 0.